The number of carbonyl (C=O) groups excluding carboxylic acids is 1. The van der Waals surface area contributed by atoms with Gasteiger partial charge in [0, 0.05) is 0 Å². The normalized spacial score (nSPS) is 11.2. The Hall–Kier alpha value is -2.71. The molecule has 130 valence electrons. The van der Waals surface area contributed by atoms with Gasteiger partial charge in [0.05, 0.1) is 38.4 Å². The Balaban J connectivity index is 2.06. The van der Waals surface area contributed by atoms with Gasteiger partial charge in [-0.1, -0.05) is 0 Å². The lowest BCUT2D eigenvalue weighted by Crippen LogP contribution is -2.24. The molecule has 0 fully saturated rings. The highest BCUT2D eigenvalue weighted by Crippen LogP contribution is 2.23. The molecule has 0 spiro atoms. The van der Waals surface area contributed by atoms with Gasteiger partial charge in [0.2, 0.25) is 23.4 Å². The molecule has 0 aliphatic carbocycles. The van der Waals surface area contributed by atoms with Crippen molar-refractivity contribution in [1.82, 2.24) is 20.3 Å². The molecule has 0 aliphatic rings. The first-order valence-corrected chi connectivity index (χ1v) is 7.16. The Kier molecular flexibility index (Phi) is 5.32. The van der Waals surface area contributed by atoms with Gasteiger partial charge in [-0.3, -0.25) is 4.79 Å². The van der Waals surface area contributed by atoms with Crippen LogP contribution in [0.25, 0.3) is 0 Å². The van der Waals surface area contributed by atoms with Gasteiger partial charge in [-0.15, -0.1) is 0 Å². The summed E-state index contributed by atoms with van der Waals surface area (Å²) < 4.78 is 28.3. The predicted molar refractivity (Wildman–Crippen MR) is 81.8 cm³/mol. The average Bonchev–Trinajstić information content (AvgIpc) is 3.10. The van der Waals surface area contributed by atoms with Gasteiger partial charge >= 0.3 is 0 Å². The van der Waals surface area contributed by atoms with E-state index in [0.717, 1.165) is 0 Å². The highest BCUT2D eigenvalue weighted by atomic mass is 19.1. The van der Waals surface area contributed by atoms with Gasteiger partial charge in [0.15, 0.2) is 5.82 Å². The number of carbonyl (C=O) groups is 1. The number of oxazole rings is 1. The van der Waals surface area contributed by atoms with Gasteiger partial charge in [-0.2, -0.15) is 9.97 Å². The minimum absolute atomic E-state index is 0.0126. The average molecular weight is 338 g/mol. The number of ether oxygens (including phenoxy) is 2. The van der Waals surface area contributed by atoms with Crippen LogP contribution in [0.1, 0.15) is 36.1 Å². The zero-order valence-corrected chi connectivity index (χ0v) is 13.9. The van der Waals surface area contributed by atoms with E-state index in [1.165, 1.54) is 26.5 Å². The molecule has 2 heterocycles. The smallest absolute Gasteiger partial charge is 0.289 e. The SMILES string of the molecule is COc1cc(OC)nc(CNC(=O)c2cnc(C(C)(C)CF)o2)n1. The number of nitrogens with zero attached hydrogens (tertiary/aromatic N) is 3. The van der Waals surface area contributed by atoms with Crippen LogP contribution in [0, 0.1) is 0 Å². The topological polar surface area (TPSA) is 99.4 Å². The first kappa shape index (κ1) is 17.6. The van der Waals surface area contributed by atoms with E-state index < -0.39 is 18.0 Å². The molecule has 0 saturated heterocycles. The molecule has 0 aliphatic heterocycles. The van der Waals surface area contributed by atoms with Crippen molar-refractivity contribution in [3.63, 3.8) is 0 Å². The Labute approximate surface area is 138 Å². The van der Waals surface area contributed by atoms with E-state index in [0.29, 0.717) is 17.6 Å². The largest absolute Gasteiger partial charge is 0.481 e. The second-order valence-electron chi connectivity index (χ2n) is 5.60. The molecule has 1 amide bonds. The van der Waals surface area contributed by atoms with Crippen molar-refractivity contribution in [2.45, 2.75) is 25.8 Å². The van der Waals surface area contributed by atoms with Gasteiger partial charge in [-0.05, 0) is 13.8 Å². The maximum absolute atomic E-state index is 12.9. The van der Waals surface area contributed by atoms with Crippen LogP contribution in [0.2, 0.25) is 0 Å². The van der Waals surface area contributed by atoms with E-state index >= 15 is 0 Å². The number of alkyl halides is 1. The number of hydrogen-bond acceptors (Lipinski definition) is 7. The lowest BCUT2D eigenvalue weighted by molar-refractivity contribution is 0.0917. The zero-order chi connectivity index (χ0) is 17.7. The van der Waals surface area contributed by atoms with Crippen LogP contribution in [0.15, 0.2) is 16.7 Å². The number of aromatic nitrogens is 3. The molecule has 0 bridgehead atoms. The van der Waals surface area contributed by atoms with E-state index in [-0.39, 0.29) is 18.2 Å². The van der Waals surface area contributed by atoms with E-state index in [9.17, 15) is 9.18 Å². The maximum atomic E-state index is 12.9. The van der Waals surface area contributed by atoms with Crippen molar-refractivity contribution in [3.8, 4) is 11.8 Å². The molecule has 2 aromatic heterocycles. The van der Waals surface area contributed by atoms with Crippen LogP contribution in [0.3, 0.4) is 0 Å². The predicted octanol–water partition coefficient (Wildman–Crippen LogP) is 1.66. The Morgan fingerprint density at radius 1 is 1.29 bits per heavy atom. The standard InChI is InChI=1S/C15H19FN4O4/c1-15(2,8-16)14-18-6-9(24-14)13(21)17-7-10-19-11(22-3)5-12(20-10)23-4/h5-6H,7-8H2,1-4H3,(H,17,21). The quantitative estimate of drug-likeness (QED) is 0.819. The molecule has 0 aromatic carbocycles. The fourth-order valence-electron chi connectivity index (χ4n) is 1.73. The van der Waals surface area contributed by atoms with E-state index in [2.05, 4.69) is 20.3 Å². The second-order valence-corrected chi connectivity index (χ2v) is 5.60. The molecule has 0 unspecified atom stereocenters. The van der Waals surface area contributed by atoms with Crippen molar-refractivity contribution >= 4 is 5.91 Å². The number of rotatable bonds is 7. The Morgan fingerprint density at radius 3 is 2.46 bits per heavy atom. The summed E-state index contributed by atoms with van der Waals surface area (Å²) in [4.78, 5) is 24.2. The third-order valence-electron chi connectivity index (χ3n) is 3.19. The lowest BCUT2D eigenvalue weighted by Gasteiger charge is -2.14. The van der Waals surface area contributed by atoms with Crippen molar-refractivity contribution in [1.29, 1.82) is 0 Å². The second kappa shape index (κ2) is 7.24. The summed E-state index contributed by atoms with van der Waals surface area (Å²) in [7, 11) is 2.93. The van der Waals surface area contributed by atoms with Gasteiger partial charge in [0.1, 0.15) is 6.67 Å². The van der Waals surface area contributed by atoms with Crippen molar-refractivity contribution in [3.05, 3.63) is 29.7 Å². The molecule has 0 saturated carbocycles. The minimum atomic E-state index is -0.887. The number of methoxy groups -OCH3 is 2. The highest BCUT2D eigenvalue weighted by Gasteiger charge is 2.27. The molecule has 9 heteroatoms. The van der Waals surface area contributed by atoms with E-state index in [1.54, 1.807) is 13.8 Å². The summed E-state index contributed by atoms with van der Waals surface area (Å²) in [5.41, 5.74) is -0.887. The third-order valence-corrected chi connectivity index (χ3v) is 3.19. The molecule has 8 nitrogen and oxygen atoms in total. The summed E-state index contributed by atoms with van der Waals surface area (Å²) >= 11 is 0. The molecule has 1 N–H and O–H groups in total. The minimum Gasteiger partial charge on any atom is -0.481 e. The van der Waals surface area contributed by atoms with Gasteiger partial charge in [-0.25, -0.2) is 9.37 Å². The van der Waals surface area contributed by atoms with Crippen LogP contribution in [-0.4, -0.2) is 41.8 Å². The molecule has 2 aromatic rings. The van der Waals surface area contributed by atoms with Crippen LogP contribution in [0.4, 0.5) is 4.39 Å². The summed E-state index contributed by atoms with van der Waals surface area (Å²) in [6, 6.07) is 1.52. The maximum Gasteiger partial charge on any atom is 0.289 e. The highest BCUT2D eigenvalue weighted by molar-refractivity contribution is 5.91. The molecular formula is C15H19FN4O4. The first-order valence-electron chi connectivity index (χ1n) is 7.16. The van der Waals surface area contributed by atoms with Crippen molar-refractivity contribution in [2.75, 3.05) is 20.9 Å². The van der Waals surface area contributed by atoms with Crippen LogP contribution >= 0.6 is 0 Å². The van der Waals surface area contributed by atoms with Crippen LogP contribution in [-0.2, 0) is 12.0 Å². The Morgan fingerprint density at radius 2 is 1.92 bits per heavy atom. The molecule has 0 atom stereocenters. The van der Waals surface area contributed by atoms with Crippen molar-refractivity contribution in [2.24, 2.45) is 0 Å². The van der Waals surface area contributed by atoms with E-state index in [4.69, 9.17) is 13.9 Å². The third kappa shape index (κ3) is 3.98. The van der Waals surface area contributed by atoms with Crippen molar-refractivity contribution < 1.29 is 23.1 Å². The molecule has 0 radical (unpaired) electrons. The monoisotopic (exact) mass is 338 g/mol. The zero-order valence-electron chi connectivity index (χ0n) is 13.9. The number of halogens is 1. The first-order chi connectivity index (χ1) is 11.4. The van der Waals surface area contributed by atoms with Crippen LogP contribution in [0.5, 0.6) is 11.8 Å². The fraction of sp³-hybridized carbons (Fsp3) is 0.467. The molecule has 2 rings (SSSR count). The van der Waals surface area contributed by atoms with Crippen LogP contribution < -0.4 is 14.8 Å². The van der Waals surface area contributed by atoms with E-state index in [1.807, 2.05) is 0 Å². The summed E-state index contributed by atoms with van der Waals surface area (Å²) in [5, 5.41) is 2.60. The summed E-state index contributed by atoms with van der Waals surface area (Å²) in [6.07, 6.45) is 1.26. The van der Waals surface area contributed by atoms with Gasteiger partial charge < -0.3 is 19.2 Å². The Bertz CT molecular complexity index is 695. The van der Waals surface area contributed by atoms with Gasteiger partial charge in [0.25, 0.3) is 5.91 Å². The molecular weight excluding hydrogens is 319 g/mol. The molecule has 24 heavy (non-hydrogen) atoms. The lowest BCUT2D eigenvalue weighted by atomic mass is 9.96. The number of nitrogens with one attached hydrogen (secondary N) is 1. The summed E-state index contributed by atoms with van der Waals surface area (Å²) in [5.74, 6) is 0.587. The number of hydrogen-bond donors (Lipinski definition) is 1. The fourth-order valence-corrected chi connectivity index (χ4v) is 1.73. The number of amides is 1. The summed E-state index contributed by atoms with van der Waals surface area (Å²) in [6.45, 7) is 2.66.